The van der Waals surface area contributed by atoms with Crippen LogP contribution >= 0.6 is 12.2 Å². The van der Waals surface area contributed by atoms with Gasteiger partial charge >= 0.3 is 0 Å². The fourth-order valence-corrected chi connectivity index (χ4v) is 3.15. The van der Waals surface area contributed by atoms with E-state index in [2.05, 4.69) is 16.2 Å². The van der Waals surface area contributed by atoms with Crippen LogP contribution < -0.4 is 25.6 Å². The summed E-state index contributed by atoms with van der Waals surface area (Å²) in [6, 6.07) is 14.8. The molecule has 3 aromatic rings. The predicted octanol–water partition coefficient (Wildman–Crippen LogP) is 2.76. The Morgan fingerprint density at radius 2 is 1.93 bits per heavy atom. The summed E-state index contributed by atoms with van der Waals surface area (Å²) in [4.78, 5) is 17.5. The SMILES string of the molecule is CCNC(=S)NNC(=O)c1cc(-c2ccc3c(c2)OCO3)nc2ccccc12. The van der Waals surface area contributed by atoms with E-state index in [1.54, 1.807) is 6.07 Å². The van der Waals surface area contributed by atoms with Crippen LogP contribution in [0.1, 0.15) is 17.3 Å². The maximum atomic E-state index is 12.8. The van der Waals surface area contributed by atoms with Crippen LogP contribution in [0.4, 0.5) is 0 Å². The van der Waals surface area contributed by atoms with E-state index < -0.39 is 0 Å². The maximum absolute atomic E-state index is 12.8. The molecule has 1 amide bonds. The lowest BCUT2D eigenvalue weighted by Crippen LogP contribution is -2.46. The number of amides is 1. The molecule has 0 spiro atoms. The van der Waals surface area contributed by atoms with Gasteiger partial charge in [0.25, 0.3) is 5.91 Å². The molecule has 1 aromatic heterocycles. The zero-order chi connectivity index (χ0) is 19.5. The van der Waals surface area contributed by atoms with Gasteiger partial charge in [-0.3, -0.25) is 15.6 Å². The summed E-state index contributed by atoms with van der Waals surface area (Å²) < 4.78 is 10.8. The number of nitrogens with one attached hydrogen (secondary N) is 3. The highest BCUT2D eigenvalue weighted by Crippen LogP contribution is 2.36. The van der Waals surface area contributed by atoms with E-state index >= 15 is 0 Å². The highest BCUT2D eigenvalue weighted by molar-refractivity contribution is 7.80. The van der Waals surface area contributed by atoms with Gasteiger partial charge in [0.15, 0.2) is 16.6 Å². The van der Waals surface area contributed by atoms with E-state index in [9.17, 15) is 4.79 Å². The van der Waals surface area contributed by atoms with Crippen molar-refractivity contribution in [3.8, 4) is 22.8 Å². The largest absolute Gasteiger partial charge is 0.454 e. The zero-order valence-electron chi connectivity index (χ0n) is 15.1. The first-order valence-corrected chi connectivity index (χ1v) is 9.20. The summed E-state index contributed by atoms with van der Waals surface area (Å²) in [5, 5.41) is 4.02. The molecular weight excluding hydrogens is 376 g/mol. The number of carbonyl (C=O) groups is 1. The van der Waals surface area contributed by atoms with Gasteiger partial charge in [0.05, 0.1) is 16.8 Å². The summed E-state index contributed by atoms with van der Waals surface area (Å²) in [5.74, 6) is 1.06. The van der Waals surface area contributed by atoms with Crippen LogP contribution in [0.5, 0.6) is 11.5 Å². The molecule has 28 heavy (non-hydrogen) atoms. The monoisotopic (exact) mass is 394 g/mol. The molecule has 0 unspecified atom stereocenters. The molecule has 0 fully saturated rings. The molecular formula is C20H18N4O3S. The highest BCUT2D eigenvalue weighted by Gasteiger charge is 2.17. The third-order valence-electron chi connectivity index (χ3n) is 4.26. The first kappa shape index (κ1) is 18.0. The molecule has 2 heterocycles. The van der Waals surface area contributed by atoms with E-state index in [-0.39, 0.29) is 12.7 Å². The lowest BCUT2D eigenvalue weighted by Gasteiger charge is -2.13. The second-order valence-corrected chi connectivity index (χ2v) is 6.49. The van der Waals surface area contributed by atoms with Crippen molar-refractivity contribution in [2.24, 2.45) is 0 Å². The molecule has 1 aliphatic heterocycles. The van der Waals surface area contributed by atoms with Crippen LogP contribution in [0.3, 0.4) is 0 Å². The van der Waals surface area contributed by atoms with Gasteiger partial charge in [-0.15, -0.1) is 0 Å². The van der Waals surface area contributed by atoms with Gasteiger partial charge in [0, 0.05) is 17.5 Å². The lowest BCUT2D eigenvalue weighted by molar-refractivity contribution is 0.0945. The van der Waals surface area contributed by atoms with Gasteiger partial charge in [-0.2, -0.15) is 0 Å². The van der Waals surface area contributed by atoms with Gasteiger partial charge in [0.1, 0.15) is 0 Å². The number of pyridine rings is 1. The van der Waals surface area contributed by atoms with E-state index in [1.165, 1.54) is 0 Å². The average Bonchev–Trinajstić information content (AvgIpc) is 3.19. The Balaban J connectivity index is 1.71. The maximum Gasteiger partial charge on any atom is 0.270 e. The Morgan fingerprint density at radius 1 is 1.11 bits per heavy atom. The summed E-state index contributed by atoms with van der Waals surface area (Å²) in [7, 11) is 0. The fourth-order valence-electron chi connectivity index (χ4n) is 2.95. The van der Waals surface area contributed by atoms with Gasteiger partial charge in [-0.05, 0) is 49.5 Å². The first-order valence-electron chi connectivity index (χ1n) is 8.79. The van der Waals surface area contributed by atoms with Crippen LogP contribution in [0.25, 0.3) is 22.2 Å². The molecule has 0 aliphatic carbocycles. The quantitative estimate of drug-likeness (QED) is 0.465. The van der Waals surface area contributed by atoms with Crippen molar-refractivity contribution >= 4 is 34.1 Å². The third-order valence-corrected chi connectivity index (χ3v) is 4.50. The molecule has 7 nitrogen and oxygen atoms in total. The number of thiocarbonyl (C=S) groups is 1. The van der Waals surface area contributed by atoms with E-state index in [0.29, 0.717) is 34.4 Å². The van der Waals surface area contributed by atoms with Gasteiger partial charge in [-0.1, -0.05) is 18.2 Å². The second kappa shape index (κ2) is 7.69. The zero-order valence-corrected chi connectivity index (χ0v) is 15.9. The Labute approximate surface area is 167 Å². The number of hydrogen-bond acceptors (Lipinski definition) is 5. The van der Waals surface area contributed by atoms with Crippen LogP contribution in [-0.2, 0) is 0 Å². The van der Waals surface area contributed by atoms with E-state index in [1.807, 2.05) is 49.4 Å². The molecule has 142 valence electrons. The minimum Gasteiger partial charge on any atom is -0.454 e. The molecule has 0 saturated heterocycles. The van der Waals surface area contributed by atoms with Crippen LogP contribution in [0, 0.1) is 0 Å². The van der Waals surface area contributed by atoms with Crippen molar-refractivity contribution in [3.63, 3.8) is 0 Å². The van der Waals surface area contributed by atoms with Crippen molar-refractivity contribution < 1.29 is 14.3 Å². The molecule has 2 aromatic carbocycles. The van der Waals surface area contributed by atoms with Crippen molar-refractivity contribution in [2.75, 3.05) is 13.3 Å². The number of fused-ring (bicyclic) bond motifs is 2. The normalized spacial score (nSPS) is 11.9. The summed E-state index contributed by atoms with van der Waals surface area (Å²) in [6.07, 6.45) is 0. The van der Waals surface area contributed by atoms with Crippen molar-refractivity contribution in [1.82, 2.24) is 21.2 Å². The molecule has 0 atom stereocenters. The predicted molar refractivity (Wildman–Crippen MR) is 110 cm³/mol. The molecule has 1 aliphatic rings. The second-order valence-electron chi connectivity index (χ2n) is 6.08. The number of aromatic nitrogens is 1. The molecule has 0 saturated carbocycles. The standard InChI is InChI=1S/C20H18N4O3S/c1-2-21-20(28)24-23-19(25)14-10-16(22-15-6-4-3-5-13(14)15)12-7-8-17-18(9-12)27-11-26-17/h3-10H,2,11H2,1H3,(H,23,25)(H2,21,24,28). The topological polar surface area (TPSA) is 84.5 Å². The Morgan fingerprint density at radius 3 is 2.79 bits per heavy atom. The molecule has 0 radical (unpaired) electrons. The third kappa shape index (κ3) is 3.54. The number of ether oxygens (including phenoxy) is 2. The van der Waals surface area contributed by atoms with Crippen LogP contribution in [0.2, 0.25) is 0 Å². The molecule has 8 heteroatoms. The summed E-state index contributed by atoms with van der Waals surface area (Å²) in [5.41, 5.74) is 8.04. The van der Waals surface area contributed by atoms with Crippen molar-refractivity contribution in [3.05, 3.63) is 54.1 Å². The van der Waals surface area contributed by atoms with Crippen LogP contribution in [0.15, 0.2) is 48.5 Å². The number of hydrazine groups is 1. The highest BCUT2D eigenvalue weighted by atomic mass is 32.1. The number of nitrogens with zero attached hydrogens (tertiary/aromatic N) is 1. The number of rotatable bonds is 3. The number of benzene rings is 2. The van der Waals surface area contributed by atoms with Gasteiger partial charge in [0.2, 0.25) is 6.79 Å². The lowest BCUT2D eigenvalue weighted by atomic mass is 10.0. The Bertz CT molecular complexity index is 1070. The Hall–Kier alpha value is -3.39. The van der Waals surface area contributed by atoms with Gasteiger partial charge in [-0.25, -0.2) is 4.98 Å². The minimum atomic E-state index is -0.305. The Kier molecular flexibility index (Phi) is 4.94. The number of para-hydroxylation sites is 1. The molecule has 0 bridgehead atoms. The van der Waals surface area contributed by atoms with Crippen molar-refractivity contribution in [2.45, 2.75) is 6.92 Å². The van der Waals surface area contributed by atoms with E-state index in [0.717, 1.165) is 16.5 Å². The molecule has 3 N–H and O–H groups in total. The summed E-state index contributed by atoms with van der Waals surface area (Å²) in [6.45, 7) is 2.78. The number of hydrogen-bond donors (Lipinski definition) is 3. The fraction of sp³-hybridized carbons (Fsp3) is 0.150. The number of carbonyl (C=O) groups excluding carboxylic acids is 1. The minimum absolute atomic E-state index is 0.203. The van der Waals surface area contributed by atoms with E-state index in [4.69, 9.17) is 26.7 Å². The molecule has 4 rings (SSSR count). The smallest absolute Gasteiger partial charge is 0.270 e. The van der Waals surface area contributed by atoms with Gasteiger partial charge < -0.3 is 14.8 Å². The van der Waals surface area contributed by atoms with Crippen LogP contribution in [-0.4, -0.2) is 29.3 Å². The van der Waals surface area contributed by atoms with Crippen molar-refractivity contribution in [1.29, 1.82) is 0 Å². The summed E-state index contributed by atoms with van der Waals surface area (Å²) >= 11 is 5.09. The average molecular weight is 394 g/mol. The first-order chi connectivity index (χ1) is 13.7.